The number of aliphatic hydroxyl groups excluding tert-OH is 2. The first-order valence-corrected chi connectivity index (χ1v) is 14.5. The molecule has 3 N–H and O–H groups in total. The molecule has 0 bridgehead atoms. The van der Waals surface area contributed by atoms with E-state index in [9.17, 15) is 37.8 Å². The molecule has 2 amide bonds. The van der Waals surface area contributed by atoms with Gasteiger partial charge in [-0.15, -0.1) is 0 Å². The number of benzene rings is 3. The first-order valence-electron chi connectivity index (χ1n) is 14.5. The minimum atomic E-state index is -4.62. The van der Waals surface area contributed by atoms with Crippen LogP contribution in [0.15, 0.2) is 66.2 Å². The topological polar surface area (TPSA) is 144 Å². The van der Waals surface area contributed by atoms with Crippen LogP contribution >= 0.6 is 0 Å². The number of carbonyl (C=O) groups is 3. The van der Waals surface area contributed by atoms with Gasteiger partial charge >= 0.3 is 6.18 Å². The molecule has 246 valence electrons. The van der Waals surface area contributed by atoms with Gasteiger partial charge in [-0.1, -0.05) is 6.07 Å². The molecular weight excluding hydrogens is 625 g/mol. The van der Waals surface area contributed by atoms with Gasteiger partial charge in [0.1, 0.15) is 18.5 Å². The van der Waals surface area contributed by atoms with Gasteiger partial charge in [-0.05, 0) is 60.2 Å². The lowest BCUT2D eigenvalue weighted by atomic mass is 9.77. The van der Waals surface area contributed by atoms with E-state index in [4.69, 9.17) is 18.9 Å². The van der Waals surface area contributed by atoms with Gasteiger partial charge in [-0.25, -0.2) is 0 Å². The van der Waals surface area contributed by atoms with E-state index >= 15 is 0 Å². The molecule has 14 heteroatoms. The van der Waals surface area contributed by atoms with Crippen molar-refractivity contribution in [3.63, 3.8) is 0 Å². The lowest BCUT2D eigenvalue weighted by Crippen LogP contribution is -2.55. The number of ether oxygens (including phenoxy) is 4. The Kier molecular flexibility index (Phi) is 8.55. The van der Waals surface area contributed by atoms with Gasteiger partial charge in [0.25, 0.3) is 5.91 Å². The van der Waals surface area contributed by atoms with Crippen molar-refractivity contribution in [2.75, 3.05) is 27.1 Å². The van der Waals surface area contributed by atoms with E-state index in [-0.39, 0.29) is 54.7 Å². The van der Waals surface area contributed by atoms with E-state index in [1.54, 1.807) is 18.2 Å². The number of aliphatic hydroxyl groups is 2. The summed E-state index contributed by atoms with van der Waals surface area (Å²) in [7, 11) is 1.37. The standard InChI is InChI=1S/C33H29F3N2O9/c1-44-26-12-18(15-40)10-21-27-22(31(42)37-8-9-39)13-23(28(41)30(27)47-29(21)26)38(14-17-2-7-24-25(11-17)46-16-45-24)32(43)19-3-5-20(6-4-19)33(34,35)36/h2-7,10-13,15,23,27-28,30,39,41H,8-9,14,16H2,1H3,(H,37,42). The van der Waals surface area contributed by atoms with Crippen molar-refractivity contribution in [3.8, 4) is 23.0 Å². The van der Waals surface area contributed by atoms with Crippen LogP contribution in [0.25, 0.3) is 0 Å². The molecule has 0 aromatic heterocycles. The van der Waals surface area contributed by atoms with Crippen LogP contribution in [0, 0.1) is 0 Å². The van der Waals surface area contributed by atoms with E-state index in [0.29, 0.717) is 28.9 Å². The number of carbonyl (C=O) groups excluding carboxylic acids is 3. The van der Waals surface area contributed by atoms with Gasteiger partial charge in [0.05, 0.1) is 31.2 Å². The second-order valence-corrected chi connectivity index (χ2v) is 11.1. The van der Waals surface area contributed by atoms with Crippen LogP contribution in [0.4, 0.5) is 13.2 Å². The van der Waals surface area contributed by atoms with Crippen LogP contribution < -0.4 is 24.3 Å². The lowest BCUT2D eigenvalue weighted by molar-refractivity contribution is -0.137. The average molecular weight is 655 g/mol. The molecule has 11 nitrogen and oxygen atoms in total. The summed E-state index contributed by atoms with van der Waals surface area (Å²) in [5.41, 5.74) is 0.213. The van der Waals surface area contributed by atoms with E-state index in [1.807, 2.05) is 0 Å². The van der Waals surface area contributed by atoms with E-state index in [1.165, 1.54) is 30.2 Å². The van der Waals surface area contributed by atoms with Gasteiger partial charge in [0.15, 0.2) is 23.0 Å². The molecule has 3 aromatic carbocycles. The third-order valence-corrected chi connectivity index (χ3v) is 8.28. The summed E-state index contributed by atoms with van der Waals surface area (Å²) in [6.07, 6.45) is -5.24. The summed E-state index contributed by atoms with van der Waals surface area (Å²) in [5, 5.41) is 23.9. The predicted octanol–water partition coefficient (Wildman–Crippen LogP) is 3.22. The Morgan fingerprint density at radius 1 is 1.09 bits per heavy atom. The van der Waals surface area contributed by atoms with Gasteiger partial charge in [0, 0.05) is 35.4 Å². The van der Waals surface area contributed by atoms with Crippen molar-refractivity contribution in [2.24, 2.45) is 0 Å². The summed E-state index contributed by atoms with van der Waals surface area (Å²) in [6.45, 7) is -0.627. The molecule has 0 spiro atoms. The second kappa shape index (κ2) is 12.6. The fraction of sp³-hybridized carbons (Fsp3) is 0.303. The van der Waals surface area contributed by atoms with Crippen molar-refractivity contribution >= 4 is 18.1 Å². The van der Waals surface area contributed by atoms with Crippen molar-refractivity contribution in [3.05, 3.63) is 94.1 Å². The fourth-order valence-corrected chi connectivity index (χ4v) is 6.07. The van der Waals surface area contributed by atoms with Crippen LogP contribution in [0.1, 0.15) is 43.3 Å². The maximum absolute atomic E-state index is 14.1. The molecule has 4 atom stereocenters. The molecular formula is C33H29F3N2O9. The van der Waals surface area contributed by atoms with Crippen LogP contribution in [0.2, 0.25) is 0 Å². The monoisotopic (exact) mass is 654 g/mol. The zero-order valence-electron chi connectivity index (χ0n) is 24.8. The molecule has 0 fully saturated rings. The number of hydrogen-bond donors (Lipinski definition) is 3. The summed E-state index contributed by atoms with van der Waals surface area (Å²) in [6, 6.07) is 10.3. The Bertz CT molecular complexity index is 1740. The quantitative estimate of drug-likeness (QED) is 0.297. The molecule has 3 aliphatic rings. The number of methoxy groups -OCH3 is 1. The summed E-state index contributed by atoms with van der Waals surface area (Å²) in [4.78, 5) is 40.7. The number of alkyl halides is 3. The number of aldehydes is 1. The zero-order chi connectivity index (χ0) is 33.5. The van der Waals surface area contributed by atoms with E-state index < -0.39 is 47.7 Å². The summed E-state index contributed by atoms with van der Waals surface area (Å²) < 4.78 is 62.4. The van der Waals surface area contributed by atoms with Gasteiger partial charge in [-0.3, -0.25) is 14.4 Å². The van der Waals surface area contributed by atoms with Crippen molar-refractivity contribution < 1.29 is 56.7 Å². The fourth-order valence-electron chi connectivity index (χ4n) is 6.07. The average Bonchev–Trinajstić information content (AvgIpc) is 3.70. The Morgan fingerprint density at radius 2 is 1.83 bits per heavy atom. The Balaban J connectivity index is 1.46. The third kappa shape index (κ3) is 5.97. The highest BCUT2D eigenvalue weighted by Crippen LogP contribution is 2.51. The molecule has 0 saturated carbocycles. The molecule has 2 heterocycles. The predicted molar refractivity (Wildman–Crippen MR) is 157 cm³/mol. The Labute approximate surface area is 266 Å². The molecule has 0 saturated heterocycles. The number of hydrogen-bond acceptors (Lipinski definition) is 9. The van der Waals surface area contributed by atoms with Crippen LogP contribution in [-0.2, 0) is 17.5 Å². The van der Waals surface area contributed by atoms with Crippen LogP contribution in [-0.4, -0.2) is 78.5 Å². The zero-order valence-corrected chi connectivity index (χ0v) is 24.8. The highest BCUT2D eigenvalue weighted by molar-refractivity contribution is 5.98. The largest absolute Gasteiger partial charge is 0.493 e. The summed E-state index contributed by atoms with van der Waals surface area (Å²) >= 11 is 0. The molecule has 6 rings (SSSR count). The maximum atomic E-state index is 14.1. The van der Waals surface area contributed by atoms with Crippen molar-refractivity contribution in [1.29, 1.82) is 0 Å². The number of rotatable bonds is 9. The number of halogens is 3. The lowest BCUT2D eigenvalue weighted by Gasteiger charge is -2.40. The van der Waals surface area contributed by atoms with Crippen LogP contribution in [0.3, 0.4) is 0 Å². The number of nitrogens with zero attached hydrogens (tertiary/aromatic N) is 1. The van der Waals surface area contributed by atoms with Crippen molar-refractivity contribution in [2.45, 2.75) is 36.9 Å². The SMILES string of the molecule is COc1cc(C=O)cc2c1OC1C2C(C(=O)NCCO)=CC(N(Cc2ccc3c(c2)OCO3)C(=O)c2ccc(C(F)(F)F)cc2)C1O. The molecule has 4 unspecified atom stereocenters. The van der Waals surface area contributed by atoms with Crippen LogP contribution in [0.5, 0.6) is 23.0 Å². The number of nitrogens with one attached hydrogen (secondary N) is 1. The highest BCUT2D eigenvalue weighted by atomic mass is 19.4. The third-order valence-electron chi connectivity index (χ3n) is 8.28. The minimum Gasteiger partial charge on any atom is -0.493 e. The van der Waals surface area contributed by atoms with Gasteiger partial charge in [-0.2, -0.15) is 13.2 Å². The first-order chi connectivity index (χ1) is 22.5. The van der Waals surface area contributed by atoms with E-state index in [2.05, 4.69) is 5.32 Å². The van der Waals surface area contributed by atoms with Gasteiger partial charge in [0.2, 0.25) is 12.7 Å². The molecule has 1 aliphatic carbocycles. The Morgan fingerprint density at radius 3 is 2.51 bits per heavy atom. The maximum Gasteiger partial charge on any atom is 0.416 e. The second-order valence-electron chi connectivity index (χ2n) is 11.1. The first kappa shape index (κ1) is 31.9. The van der Waals surface area contributed by atoms with Crippen molar-refractivity contribution in [1.82, 2.24) is 10.2 Å². The minimum absolute atomic E-state index is 0.000376. The Hall–Kier alpha value is -5.08. The highest BCUT2D eigenvalue weighted by Gasteiger charge is 2.51. The van der Waals surface area contributed by atoms with Gasteiger partial charge < -0.3 is 39.4 Å². The van der Waals surface area contributed by atoms with E-state index in [0.717, 1.165) is 24.3 Å². The number of amides is 2. The number of fused-ring (bicyclic) bond motifs is 4. The smallest absolute Gasteiger partial charge is 0.416 e. The molecule has 47 heavy (non-hydrogen) atoms. The molecule has 0 radical (unpaired) electrons. The molecule has 2 aliphatic heterocycles. The molecule has 3 aromatic rings. The summed E-state index contributed by atoms with van der Waals surface area (Å²) in [5.74, 6) is -0.970. The normalized spacial score (nSPS) is 20.8.